The molecule has 2 aromatic carbocycles. The van der Waals surface area contributed by atoms with Crippen LogP contribution in [-0.4, -0.2) is 28.1 Å². The van der Waals surface area contributed by atoms with Gasteiger partial charge in [-0.3, -0.25) is 9.69 Å². The highest BCUT2D eigenvalue weighted by atomic mass is 16.3. The Morgan fingerprint density at radius 2 is 1.92 bits per heavy atom. The van der Waals surface area contributed by atoms with E-state index in [9.17, 15) is 9.90 Å². The third kappa shape index (κ3) is 2.64. The third-order valence-corrected chi connectivity index (χ3v) is 4.90. The van der Waals surface area contributed by atoms with Gasteiger partial charge in [0.2, 0.25) is 0 Å². The van der Waals surface area contributed by atoms with Crippen LogP contribution < -0.4 is 5.56 Å². The number of aliphatic hydroxyl groups is 1. The second-order valence-corrected chi connectivity index (χ2v) is 6.33. The highest BCUT2D eigenvalue weighted by Crippen LogP contribution is 2.30. The average molecular weight is 320 g/mol. The van der Waals surface area contributed by atoms with Crippen molar-refractivity contribution in [1.29, 1.82) is 0 Å². The molecule has 3 aromatic rings. The van der Waals surface area contributed by atoms with E-state index in [1.54, 1.807) is 0 Å². The minimum absolute atomic E-state index is 0.0516. The van der Waals surface area contributed by atoms with Gasteiger partial charge in [-0.2, -0.15) is 0 Å². The fraction of sp³-hybridized carbons (Fsp3) is 0.250. The Morgan fingerprint density at radius 1 is 1.12 bits per heavy atom. The maximum atomic E-state index is 12.4. The highest BCUT2D eigenvalue weighted by Gasteiger charge is 2.27. The molecule has 0 spiro atoms. The van der Waals surface area contributed by atoms with E-state index in [2.05, 4.69) is 22.0 Å². The lowest BCUT2D eigenvalue weighted by Crippen LogP contribution is -2.38. The van der Waals surface area contributed by atoms with Crippen LogP contribution in [-0.2, 0) is 13.0 Å². The van der Waals surface area contributed by atoms with Crippen molar-refractivity contribution in [2.24, 2.45) is 0 Å². The van der Waals surface area contributed by atoms with Crippen LogP contribution in [0.25, 0.3) is 10.9 Å². The molecule has 1 aliphatic heterocycles. The molecule has 0 bridgehead atoms. The number of aromatic amines is 1. The van der Waals surface area contributed by atoms with E-state index in [0.29, 0.717) is 6.54 Å². The number of rotatable bonds is 3. The lowest BCUT2D eigenvalue weighted by atomic mass is 9.92. The lowest BCUT2D eigenvalue weighted by Gasteiger charge is -2.36. The van der Waals surface area contributed by atoms with Crippen LogP contribution in [0.4, 0.5) is 0 Å². The Bertz CT molecular complexity index is 932. The molecule has 0 radical (unpaired) electrons. The van der Waals surface area contributed by atoms with Gasteiger partial charge in [0, 0.05) is 24.2 Å². The Kier molecular flexibility index (Phi) is 3.92. The molecular weight excluding hydrogens is 300 g/mol. The van der Waals surface area contributed by atoms with Crippen LogP contribution >= 0.6 is 0 Å². The van der Waals surface area contributed by atoms with Crippen LogP contribution in [0.15, 0.2) is 59.4 Å². The molecule has 0 amide bonds. The van der Waals surface area contributed by atoms with Gasteiger partial charge in [-0.15, -0.1) is 0 Å². The van der Waals surface area contributed by atoms with Crippen molar-refractivity contribution >= 4 is 10.9 Å². The molecule has 4 nitrogen and oxygen atoms in total. The molecule has 0 saturated carbocycles. The summed E-state index contributed by atoms with van der Waals surface area (Å²) in [7, 11) is 0. The van der Waals surface area contributed by atoms with E-state index in [4.69, 9.17) is 0 Å². The van der Waals surface area contributed by atoms with Gasteiger partial charge in [-0.1, -0.05) is 42.5 Å². The number of pyridine rings is 1. The highest BCUT2D eigenvalue weighted by molar-refractivity contribution is 5.78. The fourth-order valence-corrected chi connectivity index (χ4v) is 3.64. The number of benzene rings is 2. The third-order valence-electron chi connectivity index (χ3n) is 4.90. The van der Waals surface area contributed by atoms with E-state index in [1.807, 2.05) is 42.5 Å². The molecule has 2 heterocycles. The standard InChI is InChI=1S/C20H20N2O2/c23-13-19-17-7-3-1-5-14(17)9-10-22(19)12-16-11-15-6-2-4-8-18(15)21-20(16)24/h1-8,11,19,23H,9-10,12-13H2,(H,21,24). The molecule has 1 aliphatic rings. The van der Waals surface area contributed by atoms with E-state index < -0.39 is 0 Å². The van der Waals surface area contributed by atoms with Gasteiger partial charge in [-0.05, 0) is 35.1 Å². The fourth-order valence-electron chi connectivity index (χ4n) is 3.64. The molecule has 0 aliphatic carbocycles. The smallest absolute Gasteiger partial charge is 0.252 e. The molecule has 1 unspecified atom stereocenters. The molecule has 1 atom stereocenters. The first-order valence-corrected chi connectivity index (χ1v) is 8.30. The van der Waals surface area contributed by atoms with Gasteiger partial charge in [0.1, 0.15) is 0 Å². The van der Waals surface area contributed by atoms with E-state index in [-0.39, 0.29) is 18.2 Å². The molecular formula is C20H20N2O2. The zero-order valence-electron chi connectivity index (χ0n) is 13.4. The van der Waals surface area contributed by atoms with Gasteiger partial charge in [-0.25, -0.2) is 0 Å². The number of H-pyrrole nitrogens is 1. The Hall–Kier alpha value is -2.43. The maximum absolute atomic E-state index is 12.4. The van der Waals surface area contributed by atoms with Gasteiger partial charge < -0.3 is 10.1 Å². The van der Waals surface area contributed by atoms with Crippen molar-refractivity contribution < 1.29 is 5.11 Å². The summed E-state index contributed by atoms with van der Waals surface area (Å²) in [5.41, 5.74) is 4.01. The minimum Gasteiger partial charge on any atom is -0.394 e. The zero-order chi connectivity index (χ0) is 16.5. The first kappa shape index (κ1) is 15.1. The van der Waals surface area contributed by atoms with Crippen LogP contribution in [0, 0.1) is 0 Å². The number of nitrogens with zero attached hydrogens (tertiary/aromatic N) is 1. The topological polar surface area (TPSA) is 56.3 Å². The van der Waals surface area contributed by atoms with Crippen molar-refractivity contribution in [3.8, 4) is 0 Å². The summed E-state index contributed by atoms with van der Waals surface area (Å²) in [6.07, 6.45) is 0.943. The first-order chi connectivity index (χ1) is 11.8. The summed E-state index contributed by atoms with van der Waals surface area (Å²) >= 11 is 0. The predicted octanol–water partition coefficient (Wildman–Crippen LogP) is 2.62. The number of fused-ring (bicyclic) bond motifs is 2. The normalized spacial score (nSPS) is 17.8. The van der Waals surface area contributed by atoms with Crippen molar-refractivity contribution in [1.82, 2.24) is 9.88 Å². The molecule has 0 fully saturated rings. The van der Waals surface area contributed by atoms with Crippen LogP contribution in [0.1, 0.15) is 22.7 Å². The molecule has 4 rings (SSSR count). The Morgan fingerprint density at radius 3 is 2.79 bits per heavy atom. The number of aromatic nitrogens is 1. The molecule has 1 aromatic heterocycles. The largest absolute Gasteiger partial charge is 0.394 e. The van der Waals surface area contributed by atoms with Crippen LogP contribution in [0.5, 0.6) is 0 Å². The molecule has 4 heteroatoms. The summed E-state index contributed by atoms with van der Waals surface area (Å²) < 4.78 is 0. The van der Waals surface area contributed by atoms with E-state index in [1.165, 1.54) is 11.1 Å². The Balaban J connectivity index is 1.68. The van der Waals surface area contributed by atoms with Gasteiger partial charge in [0.25, 0.3) is 5.56 Å². The van der Waals surface area contributed by atoms with Crippen molar-refractivity contribution in [2.45, 2.75) is 19.0 Å². The number of hydrogen-bond donors (Lipinski definition) is 2. The molecule has 2 N–H and O–H groups in total. The number of aliphatic hydroxyl groups excluding tert-OH is 1. The molecule has 122 valence electrons. The van der Waals surface area contributed by atoms with Crippen LogP contribution in [0.3, 0.4) is 0 Å². The molecule has 24 heavy (non-hydrogen) atoms. The summed E-state index contributed by atoms with van der Waals surface area (Å²) in [4.78, 5) is 17.6. The zero-order valence-corrected chi connectivity index (χ0v) is 13.4. The minimum atomic E-state index is -0.0548. The summed E-state index contributed by atoms with van der Waals surface area (Å²) in [6, 6.07) is 18.0. The second kappa shape index (κ2) is 6.23. The monoisotopic (exact) mass is 320 g/mol. The Labute approximate surface area is 140 Å². The van der Waals surface area contributed by atoms with E-state index >= 15 is 0 Å². The summed E-state index contributed by atoms with van der Waals surface area (Å²) in [5.74, 6) is 0. The number of nitrogens with one attached hydrogen (secondary N) is 1. The summed E-state index contributed by atoms with van der Waals surface area (Å²) in [6.45, 7) is 1.44. The van der Waals surface area contributed by atoms with Crippen molar-refractivity contribution in [2.75, 3.05) is 13.2 Å². The second-order valence-electron chi connectivity index (χ2n) is 6.33. The van der Waals surface area contributed by atoms with E-state index in [0.717, 1.165) is 29.4 Å². The van der Waals surface area contributed by atoms with Gasteiger partial charge in [0.05, 0.1) is 12.6 Å². The van der Waals surface area contributed by atoms with Gasteiger partial charge in [0.15, 0.2) is 0 Å². The lowest BCUT2D eigenvalue weighted by molar-refractivity contribution is 0.108. The number of hydrogen-bond acceptors (Lipinski definition) is 3. The number of para-hydroxylation sites is 1. The van der Waals surface area contributed by atoms with Crippen LogP contribution in [0.2, 0.25) is 0 Å². The average Bonchev–Trinajstić information content (AvgIpc) is 2.62. The maximum Gasteiger partial charge on any atom is 0.252 e. The predicted molar refractivity (Wildman–Crippen MR) is 95.0 cm³/mol. The van der Waals surface area contributed by atoms with Gasteiger partial charge >= 0.3 is 0 Å². The van der Waals surface area contributed by atoms with Crippen molar-refractivity contribution in [3.05, 3.63) is 81.6 Å². The van der Waals surface area contributed by atoms with Crippen molar-refractivity contribution in [3.63, 3.8) is 0 Å². The summed E-state index contributed by atoms with van der Waals surface area (Å²) in [5, 5.41) is 10.9. The first-order valence-electron chi connectivity index (χ1n) is 8.30. The quantitative estimate of drug-likeness (QED) is 0.780. The molecule has 0 saturated heterocycles. The SMILES string of the molecule is O=c1[nH]c2ccccc2cc1CN1CCc2ccccc2C1CO.